The van der Waals surface area contributed by atoms with Gasteiger partial charge in [-0.05, 0) is 60.1 Å². The summed E-state index contributed by atoms with van der Waals surface area (Å²) in [6, 6.07) is 18.3. The first-order valence-corrected chi connectivity index (χ1v) is 8.75. The molecule has 130 valence electrons. The van der Waals surface area contributed by atoms with Crippen LogP contribution in [-0.4, -0.2) is 7.11 Å². The number of benzene rings is 2. The first kappa shape index (κ1) is 17.3. The van der Waals surface area contributed by atoms with E-state index in [4.69, 9.17) is 9.57 Å². The minimum absolute atomic E-state index is 0.512. The van der Waals surface area contributed by atoms with Gasteiger partial charge in [0, 0.05) is 5.70 Å². The van der Waals surface area contributed by atoms with E-state index >= 15 is 0 Å². The van der Waals surface area contributed by atoms with E-state index in [1.54, 1.807) is 7.11 Å². The van der Waals surface area contributed by atoms with Crippen LogP contribution < -0.4 is 10.2 Å². The highest BCUT2D eigenvalue weighted by Crippen LogP contribution is 2.32. The number of hydroxylamine groups is 1. The van der Waals surface area contributed by atoms with Crippen molar-refractivity contribution in [1.29, 1.82) is 0 Å². The van der Waals surface area contributed by atoms with Crippen molar-refractivity contribution >= 4 is 5.57 Å². The molecule has 3 heteroatoms. The smallest absolute Gasteiger partial charge is 0.118 e. The van der Waals surface area contributed by atoms with Gasteiger partial charge in [-0.3, -0.25) is 10.3 Å². The van der Waals surface area contributed by atoms with E-state index in [1.165, 1.54) is 24.0 Å². The third-order valence-corrected chi connectivity index (χ3v) is 4.55. The van der Waals surface area contributed by atoms with Crippen molar-refractivity contribution in [3.05, 3.63) is 83.6 Å². The summed E-state index contributed by atoms with van der Waals surface area (Å²) >= 11 is 0. The highest BCUT2D eigenvalue weighted by molar-refractivity contribution is 5.78. The molecule has 0 radical (unpaired) electrons. The van der Waals surface area contributed by atoms with Gasteiger partial charge in [0.05, 0.1) is 13.7 Å². The molecule has 0 heterocycles. The van der Waals surface area contributed by atoms with Crippen molar-refractivity contribution in [3.63, 3.8) is 0 Å². The second-order valence-electron chi connectivity index (χ2n) is 6.25. The third-order valence-electron chi connectivity index (χ3n) is 4.55. The summed E-state index contributed by atoms with van der Waals surface area (Å²) in [5, 5.41) is 0. The Labute approximate surface area is 149 Å². The van der Waals surface area contributed by atoms with Crippen molar-refractivity contribution in [3.8, 4) is 5.75 Å². The summed E-state index contributed by atoms with van der Waals surface area (Å²) < 4.78 is 5.18. The Balaban J connectivity index is 1.65. The summed E-state index contributed by atoms with van der Waals surface area (Å²) in [6.45, 7) is 4.83. The van der Waals surface area contributed by atoms with Crippen molar-refractivity contribution < 1.29 is 9.57 Å². The molecule has 1 N–H and O–H groups in total. The second-order valence-corrected chi connectivity index (χ2v) is 6.25. The SMILES string of the molecule is C=C(C1=C(NOCc2ccc(OC)cc2)CCCC1)c1ccccc1. The molecular weight excluding hydrogens is 310 g/mol. The van der Waals surface area contributed by atoms with Crippen LogP contribution in [-0.2, 0) is 11.4 Å². The van der Waals surface area contributed by atoms with E-state index in [9.17, 15) is 0 Å². The number of allylic oxidation sites excluding steroid dienone is 3. The fourth-order valence-electron chi connectivity index (χ4n) is 3.09. The molecule has 0 bridgehead atoms. The number of ether oxygens (including phenoxy) is 1. The number of hydrogen-bond acceptors (Lipinski definition) is 3. The normalized spacial score (nSPS) is 14.3. The molecule has 0 saturated carbocycles. The van der Waals surface area contributed by atoms with Crippen LogP contribution in [0.1, 0.15) is 36.8 Å². The quantitative estimate of drug-likeness (QED) is 0.700. The predicted molar refractivity (Wildman–Crippen MR) is 102 cm³/mol. The van der Waals surface area contributed by atoms with Crippen molar-refractivity contribution in [1.82, 2.24) is 5.48 Å². The Bertz CT molecular complexity index is 732. The Morgan fingerprint density at radius 2 is 1.72 bits per heavy atom. The Morgan fingerprint density at radius 3 is 2.44 bits per heavy atom. The van der Waals surface area contributed by atoms with Gasteiger partial charge in [-0.25, -0.2) is 0 Å². The maximum atomic E-state index is 5.76. The molecule has 0 saturated heterocycles. The van der Waals surface area contributed by atoms with Crippen LogP contribution in [0.4, 0.5) is 0 Å². The lowest BCUT2D eigenvalue weighted by Crippen LogP contribution is -2.19. The average Bonchev–Trinajstić information content (AvgIpc) is 2.69. The third kappa shape index (κ3) is 4.52. The molecule has 25 heavy (non-hydrogen) atoms. The molecule has 3 nitrogen and oxygen atoms in total. The average molecular weight is 335 g/mol. The zero-order chi connectivity index (χ0) is 17.5. The molecule has 0 aromatic heterocycles. The first-order chi connectivity index (χ1) is 12.3. The number of methoxy groups -OCH3 is 1. The zero-order valence-electron chi connectivity index (χ0n) is 14.8. The van der Waals surface area contributed by atoms with Crippen LogP contribution >= 0.6 is 0 Å². The molecule has 0 spiro atoms. The fourth-order valence-corrected chi connectivity index (χ4v) is 3.09. The molecule has 2 aromatic rings. The minimum Gasteiger partial charge on any atom is -0.497 e. The summed E-state index contributed by atoms with van der Waals surface area (Å²) in [5.41, 5.74) is 9.01. The van der Waals surface area contributed by atoms with Crippen molar-refractivity contribution in [2.24, 2.45) is 0 Å². The van der Waals surface area contributed by atoms with Gasteiger partial charge in [0.25, 0.3) is 0 Å². The van der Waals surface area contributed by atoms with E-state index < -0.39 is 0 Å². The van der Waals surface area contributed by atoms with Crippen molar-refractivity contribution in [2.45, 2.75) is 32.3 Å². The number of nitrogens with one attached hydrogen (secondary N) is 1. The van der Waals surface area contributed by atoms with Crippen LogP contribution in [0.25, 0.3) is 5.57 Å². The van der Waals surface area contributed by atoms with Gasteiger partial charge in [0.2, 0.25) is 0 Å². The molecule has 0 aliphatic heterocycles. The molecule has 1 aliphatic carbocycles. The van der Waals surface area contributed by atoms with Crippen LogP contribution in [0.2, 0.25) is 0 Å². The van der Waals surface area contributed by atoms with Gasteiger partial charge in [-0.15, -0.1) is 0 Å². The standard InChI is InChI=1S/C22H25NO2/c1-17(19-8-4-3-5-9-19)21-10-6-7-11-22(21)23-25-16-18-12-14-20(24-2)15-13-18/h3-5,8-9,12-15,23H,1,6-7,10-11,16H2,2H3. The van der Waals surface area contributed by atoms with Gasteiger partial charge in [-0.2, -0.15) is 0 Å². The Morgan fingerprint density at radius 1 is 1.00 bits per heavy atom. The molecule has 2 aromatic carbocycles. The second kappa shape index (κ2) is 8.54. The first-order valence-electron chi connectivity index (χ1n) is 8.75. The van der Waals surface area contributed by atoms with E-state index in [2.05, 4.69) is 36.3 Å². The maximum Gasteiger partial charge on any atom is 0.118 e. The van der Waals surface area contributed by atoms with Crippen LogP contribution in [0.5, 0.6) is 5.75 Å². The molecule has 3 rings (SSSR count). The molecule has 1 aliphatic rings. The molecule has 0 unspecified atom stereocenters. The summed E-state index contributed by atoms with van der Waals surface area (Å²) in [6.07, 6.45) is 4.43. The van der Waals surface area contributed by atoms with E-state index in [0.29, 0.717) is 6.61 Å². The lowest BCUT2D eigenvalue weighted by atomic mass is 9.88. The molecule has 0 atom stereocenters. The largest absolute Gasteiger partial charge is 0.497 e. The highest BCUT2D eigenvalue weighted by Gasteiger charge is 2.16. The summed E-state index contributed by atoms with van der Waals surface area (Å²) in [5.74, 6) is 0.855. The monoisotopic (exact) mass is 335 g/mol. The lowest BCUT2D eigenvalue weighted by Gasteiger charge is -2.23. The van der Waals surface area contributed by atoms with Gasteiger partial charge in [-0.1, -0.05) is 49.0 Å². The molecular formula is C22H25NO2. The Hall–Kier alpha value is -2.52. The molecule has 0 fully saturated rings. The van der Waals surface area contributed by atoms with Gasteiger partial charge < -0.3 is 4.74 Å². The number of hydrogen-bond donors (Lipinski definition) is 1. The molecule has 0 amide bonds. The summed E-state index contributed by atoms with van der Waals surface area (Å²) in [4.78, 5) is 5.76. The van der Waals surface area contributed by atoms with E-state index in [-0.39, 0.29) is 0 Å². The summed E-state index contributed by atoms with van der Waals surface area (Å²) in [7, 11) is 1.67. The maximum absolute atomic E-state index is 5.76. The van der Waals surface area contributed by atoms with Crippen molar-refractivity contribution in [2.75, 3.05) is 7.11 Å². The van der Waals surface area contributed by atoms with E-state index in [0.717, 1.165) is 35.4 Å². The van der Waals surface area contributed by atoms with Gasteiger partial charge >= 0.3 is 0 Å². The van der Waals surface area contributed by atoms with E-state index in [1.807, 2.05) is 30.3 Å². The topological polar surface area (TPSA) is 30.5 Å². The van der Waals surface area contributed by atoms with Gasteiger partial charge in [0.15, 0.2) is 0 Å². The van der Waals surface area contributed by atoms with Crippen LogP contribution in [0, 0.1) is 0 Å². The predicted octanol–water partition coefficient (Wildman–Crippen LogP) is 5.26. The Kier molecular flexibility index (Phi) is 5.91. The van der Waals surface area contributed by atoms with Crippen LogP contribution in [0.15, 0.2) is 72.4 Å². The highest BCUT2D eigenvalue weighted by atomic mass is 16.6. The minimum atomic E-state index is 0.512. The zero-order valence-corrected chi connectivity index (χ0v) is 14.8. The fraction of sp³-hybridized carbons (Fsp3) is 0.273. The van der Waals surface area contributed by atoms with Crippen LogP contribution in [0.3, 0.4) is 0 Å². The lowest BCUT2D eigenvalue weighted by molar-refractivity contribution is 0.0453. The van der Waals surface area contributed by atoms with Gasteiger partial charge in [0.1, 0.15) is 5.75 Å². The number of rotatable bonds is 7.